The third-order valence-electron chi connectivity index (χ3n) is 4.92. The molecule has 6 nitrogen and oxygen atoms in total. The number of piperidine rings is 1. The maximum atomic E-state index is 5.34. The first-order valence-corrected chi connectivity index (χ1v) is 10.5. The number of rotatable bonds is 8. The van der Waals surface area contributed by atoms with Gasteiger partial charge in [0.1, 0.15) is 11.1 Å². The predicted octanol–water partition coefficient (Wildman–Crippen LogP) is 2.98. The molecule has 1 aliphatic rings. The van der Waals surface area contributed by atoms with Crippen LogP contribution in [0.3, 0.4) is 0 Å². The van der Waals surface area contributed by atoms with E-state index in [1.807, 2.05) is 14.0 Å². The molecule has 1 aromatic heterocycles. The molecule has 7 heteroatoms. The molecule has 0 aliphatic carbocycles. The highest BCUT2D eigenvalue weighted by molar-refractivity contribution is 7.09. The molecular formula is C19H35N5OS. The smallest absolute Gasteiger partial charge is 0.193 e. The van der Waals surface area contributed by atoms with Crippen LogP contribution in [-0.4, -0.2) is 68.1 Å². The van der Waals surface area contributed by atoms with Crippen LogP contribution in [0, 0.1) is 5.92 Å². The van der Waals surface area contributed by atoms with Gasteiger partial charge in [0.25, 0.3) is 0 Å². The minimum atomic E-state index is 0.0500. The highest BCUT2D eigenvalue weighted by Gasteiger charge is 2.16. The predicted molar refractivity (Wildman–Crippen MR) is 110 cm³/mol. The minimum Gasteiger partial charge on any atom is -0.375 e. The minimum absolute atomic E-state index is 0.0500. The zero-order chi connectivity index (χ0) is 18.9. The number of nitrogens with zero attached hydrogens (tertiary/aromatic N) is 4. The molecule has 1 N–H and O–H groups in total. The number of aliphatic imine (C=N–C) groups is 1. The first kappa shape index (κ1) is 21.1. The Bertz CT molecular complexity index is 562. The van der Waals surface area contributed by atoms with Crippen LogP contribution in [0.1, 0.15) is 49.9 Å². The van der Waals surface area contributed by atoms with E-state index in [2.05, 4.69) is 44.4 Å². The number of ether oxygens (including phenoxy) is 1. The third kappa shape index (κ3) is 6.52. The standard InChI is InChI=1S/C19H35N5OS/c1-15-8-6-10-24(12-15)11-7-9-21-19(20-3)23(4)13-17-14-26-18(22-17)16(2)25-5/h14-16H,6-13H2,1-5H3,(H,20,21). The first-order chi connectivity index (χ1) is 12.5. The van der Waals surface area contributed by atoms with Crippen molar-refractivity contribution in [1.82, 2.24) is 20.1 Å². The number of nitrogens with one attached hydrogen (secondary N) is 1. The summed E-state index contributed by atoms with van der Waals surface area (Å²) in [5, 5.41) is 6.61. The summed E-state index contributed by atoms with van der Waals surface area (Å²) in [4.78, 5) is 13.8. The van der Waals surface area contributed by atoms with Crippen molar-refractivity contribution in [1.29, 1.82) is 0 Å². The SMILES string of the molecule is CN=C(NCCCN1CCCC(C)C1)N(C)Cc1csc(C(C)OC)n1. The molecule has 0 bridgehead atoms. The average Bonchev–Trinajstić information content (AvgIpc) is 3.09. The largest absolute Gasteiger partial charge is 0.375 e. The fourth-order valence-corrected chi connectivity index (χ4v) is 4.22. The summed E-state index contributed by atoms with van der Waals surface area (Å²) in [6.45, 7) is 9.75. The highest BCUT2D eigenvalue weighted by Crippen LogP contribution is 2.21. The monoisotopic (exact) mass is 381 g/mol. The Morgan fingerprint density at radius 3 is 3.08 bits per heavy atom. The number of hydrogen-bond acceptors (Lipinski definition) is 5. The summed E-state index contributed by atoms with van der Waals surface area (Å²) >= 11 is 1.65. The number of methoxy groups -OCH3 is 1. The quantitative estimate of drug-likeness (QED) is 0.426. The van der Waals surface area contributed by atoms with Gasteiger partial charge in [0.05, 0.1) is 12.2 Å². The first-order valence-electron chi connectivity index (χ1n) is 9.64. The molecule has 0 aromatic carbocycles. The molecule has 2 rings (SSSR count). The van der Waals surface area contributed by atoms with Crippen molar-refractivity contribution < 1.29 is 4.74 Å². The van der Waals surface area contributed by atoms with Gasteiger partial charge >= 0.3 is 0 Å². The molecule has 1 fully saturated rings. The molecule has 1 saturated heterocycles. The van der Waals surface area contributed by atoms with Crippen LogP contribution in [0.4, 0.5) is 0 Å². The summed E-state index contributed by atoms with van der Waals surface area (Å²) in [7, 11) is 5.61. The molecule has 148 valence electrons. The van der Waals surface area contributed by atoms with Gasteiger partial charge in [0, 0.05) is 39.7 Å². The van der Waals surface area contributed by atoms with E-state index in [1.54, 1.807) is 18.4 Å². The zero-order valence-electron chi connectivity index (χ0n) is 17.0. The van der Waals surface area contributed by atoms with Crippen molar-refractivity contribution in [3.05, 3.63) is 16.1 Å². The van der Waals surface area contributed by atoms with E-state index in [0.717, 1.165) is 42.1 Å². The van der Waals surface area contributed by atoms with Crippen molar-refractivity contribution in [3.63, 3.8) is 0 Å². The molecule has 0 saturated carbocycles. The van der Waals surface area contributed by atoms with Gasteiger partial charge in [-0.3, -0.25) is 4.99 Å². The fraction of sp³-hybridized carbons (Fsp3) is 0.789. The van der Waals surface area contributed by atoms with Crippen molar-refractivity contribution in [2.45, 2.75) is 45.8 Å². The van der Waals surface area contributed by atoms with Gasteiger partial charge < -0.3 is 19.9 Å². The summed E-state index contributed by atoms with van der Waals surface area (Å²) < 4.78 is 5.34. The average molecular weight is 382 g/mol. The van der Waals surface area contributed by atoms with Crippen LogP contribution < -0.4 is 5.32 Å². The lowest BCUT2D eigenvalue weighted by atomic mass is 10.0. The maximum absolute atomic E-state index is 5.34. The summed E-state index contributed by atoms with van der Waals surface area (Å²) in [6, 6.07) is 0. The molecule has 0 radical (unpaired) electrons. The van der Waals surface area contributed by atoms with Crippen LogP contribution in [0.2, 0.25) is 0 Å². The second-order valence-corrected chi connectivity index (χ2v) is 8.18. The second kappa shape index (κ2) is 10.8. The van der Waals surface area contributed by atoms with Crippen LogP contribution >= 0.6 is 11.3 Å². The van der Waals surface area contributed by atoms with E-state index >= 15 is 0 Å². The summed E-state index contributed by atoms with van der Waals surface area (Å²) in [5.74, 6) is 1.77. The number of aromatic nitrogens is 1. The summed E-state index contributed by atoms with van der Waals surface area (Å²) in [5.41, 5.74) is 1.06. The number of hydrogen-bond donors (Lipinski definition) is 1. The van der Waals surface area contributed by atoms with Gasteiger partial charge in [0.2, 0.25) is 0 Å². The molecule has 1 aliphatic heterocycles. The number of guanidine groups is 1. The Hall–Kier alpha value is -1.18. The highest BCUT2D eigenvalue weighted by atomic mass is 32.1. The van der Waals surface area contributed by atoms with E-state index in [1.165, 1.54) is 32.5 Å². The van der Waals surface area contributed by atoms with Gasteiger partial charge in [-0.1, -0.05) is 6.92 Å². The fourth-order valence-electron chi connectivity index (χ4n) is 3.38. The molecule has 0 spiro atoms. The van der Waals surface area contributed by atoms with Gasteiger partial charge in [-0.25, -0.2) is 4.98 Å². The van der Waals surface area contributed by atoms with Crippen molar-refractivity contribution >= 4 is 17.3 Å². The van der Waals surface area contributed by atoms with E-state index in [0.29, 0.717) is 0 Å². The van der Waals surface area contributed by atoms with Crippen molar-refractivity contribution in [2.75, 3.05) is 47.4 Å². The lowest BCUT2D eigenvalue weighted by molar-refractivity contribution is 0.119. The molecule has 2 unspecified atom stereocenters. The topological polar surface area (TPSA) is 53.0 Å². The second-order valence-electron chi connectivity index (χ2n) is 7.29. The van der Waals surface area contributed by atoms with Crippen LogP contribution in [0.15, 0.2) is 10.4 Å². The molecule has 2 atom stereocenters. The van der Waals surface area contributed by atoms with Gasteiger partial charge in [0.15, 0.2) is 5.96 Å². The molecule has 2 heterocycles. The third-order valence-corrected chi connectivity index (χ3v) is 5.97. The van der Waals surface area contributed by atoms with E-state index < -0.39 is 0 Å². The Morgan fingerprint density at radius 1 is 1.58 bits per heavy atom. The number of thiazole rings is 1. The molecular weight excluding hydrogens is 346 g/mol. The Labute approximate surface area is 162 Å². The van der Waals surface area contributed by atoms with E-state index in [-0.39, 0.29) is 6.10 Å². The normalized spacial score (nSPS) is 20.2. The van der Waals surface area contributed by atoms with Crippen LogP contribution in [0.25, 0.3) is 0 Å². The zero-order valence-corrected chi connectivity index (χ0v) is 17.8. The molecule has 1 aromatic rings. The molecule has 0 amide bonds. The van der Waals surface area contributed by atoms with Gasteiger partial charge in [-0.05, 0) is 45.2 Å². The maximum Gasteiger partial charge on any atom is 0.193 e. The van der Waals surface area contributed by atoms with Crippen molar-refractivity contribution in [2.24, 2.45) is 10.9 Å². The lowest BCUT2D eigenvalue weighted by Gasteiger charge is -2.31. The Kier molecular flexibility index (Phi) is 8.81. The molecule has 26 heavy (non-hydrogen) atoms. The van der Waals surface area contributed by atoms with Gasteiger partial charge in [-0.2, -0.15) is 0 Å². The van der Waals surface area contributed by atoms with Crippen LogP contribution in [0.5, 0.6) is 0 Å². The van der Waals surface area contributed by atoms with Gasteiger partial charge in [-0.15, -0.1) is 11.3 Å². The lowest BCUT2D eigenvalue weighted by Crippen LogP contribution is -2.40. The van der Waals surface area contributed by atoms with E-state index in [9.17, 15) is 0 Å². The van der Waals surface area contributed by atoms with Crippen LogP contribution in [-0.2, 0) is 11.3 Å². The Balaban J connectivity index is 1.72. The number of likely N-dealkylation sites (tertiary alicyclic amines) is 1. The van der Waals surface area contributed by atoms with Crippen molar-refractivity contribution in [3.8, 4) is 0 Å². The summed E-state index contributed by atoms with van der Waals surface area (Å²) in [6.07, 6.45) is 3.92. The Morgan fingerprint density at radius 2 is 2.38 bits per heavy atom. The van der Waals surface area contributed by atoms with E-state index in [4.69, 9.17) is 4.74 Å².